The Balaban J connectivity index is 0.0000000992. The number of para-hydroxylation sites is 9. The molecular formula is C124H116N24+6. The summed E-state index contributed by atoms with van der Waals surface area (Å²) in [6.07, 6.45) is 20.9. The Morgan fingerprint density at radius 3 is 1.01 bits per heavy atom. The number of nitrogens with zero attached hydrogens (tertiary/aromatic N) is 24. The molecule has 29 rings (SSSR count). The predicted octanol–water partition coefficient (Wildman–Crippen LogP) is 20.1. The molecule has 0 unspecified atom stereocenters. The summed E-state index contributed by atoms with van der Waals surface area (Å²) in [7, 11) is 12.0. The lowest BCUT2D eigenvalue weighted by molar-refractivity contribution is -0.663. The fourth-order valence-electron chi connectivity index (χ4n) is 22.4. The summed E-state index contributed by atoms with van der Waals surface area (Å²) in [4.78, 5) is 54.2. The van der Waals surface area contributed by atoms with Crippen LogP contribution in [-0.4, -0.2) is 87.2 Å². The van der Waals surface area contributed by atoms with E-state index in [2.05, 4.69) is 257 Å². The first-order valence-corrected chi connectivity index (χ1v) is 49.9. The number of rotatable bonds is 6. The van der Waals surface area contributed by atoms with Gasteiger partial charge < -0.3 is 9.13 Å². The third kappa shape index (κ3) is 16.0. The van der Waals surface area contributed by atoms with Gasteiger partial charge in [0.15, 0.2) is 34.0 Å². The number of hydrogen-bond acceptors (Lipinski definition) is 12. The molecule has 0 bridgehead atoms. The second kappa shape index (κ2) is 36.3. The van der Waals surface area contributed by atoms with Crippen LogP contribution in [0.4, 0.5) is 0 Å². The quantitative estimate of drug-likeness (QED) is 0.142. The maximum Gasteiger partial charge on any atom is 0.287 e. The van der Waals surface area contributed by atoms with Gasteiger partial charge in [0.25, 0.3) is 38.0 Å². The molecule has 148 heavy (non-hydrogen) atoms. The molecule has 24 nitrogen and oxygen atoms in total. The Bertz CT molecular complexity index is 9480. The fraction of sp³-hybridized carbons (Fsp3) is 0.210. The van der Waals surface area contributed by atoms with Gasteiger partial charge in [-0.1, -0.05) is 85.6 Å². The van der Waals surface area contributed by atoms with Crippen LogP contribution in [0.5, 0.6) is 0 Å². The molecule has 11 aromatic carbocycles. The molecule has 12 aromatic heterocycles. The van der Waals surface area contributed by atoms with Gasteiger partial charge in [0, 0.05) is 168 Å². The van der Waals surface area contributed by atoms with E-state index in [9.17, 15) is 0 Å². The first-order valence-electron chi connectivity index (χ1n) is 54.4. The van der Waals surface area contributed by atoms with Crippen molar-refractivity contribution in [3.8, 4) is 102 Å². The van der Waals surface area contributed by atoms with E-state index in [1.807, 2.05) is 195 Å². The van der Waals surface area contributed by atoms with Crippen molar-refractivity contribution in [3.05, 3.63) is 416 Å². The molecule has 0 spiro atoms. The van der Waals surface area contributed by atoms with Crippen LogP contribution in [0.15, 0.2) is 269 Å². The first kappa shape index (κ1) is 82.8. The fourth-order valence-corrected chi connectivity index (χ4v) is 22.4. The Kier molecular flexibility index (Phi) is 20.3. The zero-order chi connectivity index (χ0) is 109. The summed E-state index contributed by atoms with van der Waals surface area (Å²) >= 11 is 0. The van der Waals surface area contributed by atoms with E-state index < -0.39 is 20.6 Å². The number of benzene rings is 11. The van der Waals surface area contributed by atoms with E-state index >= 15 is 0 Å². The molecule has 0 atom stereocenters. The number of imidazole rings is 6. The van der Waals surface area contributed by atoms with Crippen LogP contribution >= 0.6 is 0 Å². The highest BCUT2D eigenvalue weighted by atomic mass is 15.2. The number of aromatic nitrogens is 24. The Labute approximate surface area is 872 Å². The van der Waals surface area contributed by atoms with Crippen molar-refractivity contribution in [3.63, 3.8) is 0 Å². The number of fused-ring (bicyclic) bond motifs is 27. The summed E-state index contributed by atoms with van der Waals surface area (Å²) in [5, 5.41) is 1.18. The smallest absolute Gasteiger partial charge is 0.287 e. The zero-order valence-corrected chi connectivity index (χ0v) is 85.9. The maximum absolute atomic E-state index is 8.32. The molecule has 0 N–H and O–H groups in total. The highest BCUT2D eigenvalue weighted by molar-refractivity contribution is 5.93. The van der Waals surface area contributed by atoms with Crippen LogP contribution in [0, 0.1) is 96.7 Å². The topological polar surface area (TPSA) is 208 Å². The molecule has 23 aromatic rings. The molecule has 0 fully saturated rings. The van der Waals surface area contributed by atoms with Gasteiger partial charge in [0.1, 0.15) is 69.1 Å². The molecule has 18 heterocycles. The minimum Gasteiger partial charge on any atom is -0.303 e. The Morgan fingerprint density at radius 1 is 0.257 bits per heavy atom. The van der Waals surface area contributed by atoms with Crippen LogP contribution in [0.2, 0.25) is 0 Å². The van der Waals surface area contributed by atoms with E-state index in [-0.39, 0.29) is 11.3 Å². The van der Waals surface area contributed by atoms with Gasteiger partial charge in [0.05, 0.1) is 132 Å². The second-order valence-corrected chi connectivity index (χ2v) is 40.0. The van der Waals surface area contributed by atoms with E-state index in [4.69, 9.17) is 32.3 Å². The van der Waals surface area contributed by atoms with Crippen LogP contribution in [-0.2, 0) is 80.8 Å². The summed E-state index contributed by atoms with van der Waals surface area (Å²) in [6.45, 7) is 15.4. The monoisotopic (exact) mass is 1950 g/mol. The standard InChI is InChI=1S/C22H21N4.3C21H19N4.C20H17N4.C19H21N4/c1-13-9-20(25(4)12-23-13)17-10-16-11-21-24-18-7-5-6-8-19(18)26(21)22(16)15(3)14(17)2;3*1-13-8-19-15(10-16(13)20-9-14(2)22-12-24(20)3)11-21-23-17-6-4-5-7-18(17)25(19)21;1-13-9-18-14(11-19-21-7-8-24(18)19)10-16(13)20-15-5-3-4-6-17(15)22-12-23(20)2;1-11-6-17(22(5)10-20-11)16-7-15-8-18-21-12(2)9-23(18)19(15)14(4)13(16)3/h5-10,12H,11H2,1-4H3;3*4-10,12H,11H2,1-3H3;3-10,12H,11H2,1-2H3;6-7,9-10H,8H2,1-5H3/q6*+1/i3D3;;;;;2D3,4D3. The van der Waals surface area contributed by atoms with E-state index in [0.717, 1.165) is 161 Å². The van der Waals surface area contributed by atoms with E-state index in [1.54, 1.807) is 24.1 Å². The minimum atomic E-state index is -2.36. The Hall–Kier alpha value is -17.5. The van der Waals surface area contributed by atoms with E-state index in [1.165, 1.54) is 140 Å². The van der Waals surface area contributed by atoms with Crippen LogP contribution < -0.4 is 27.4 Å². The number of hydrogen-bond donors (Lipinski definition) is 0. The molecule has 0 aliphatic carbocycles. The summed E-state index contributed by atoms with van der Waals surface area (Å²) < 4.78 is 97.3. The third-order valence-electron chi connectivity index (χ3n) is 29.9. The molecule has 6 aliphatic rings. The zero-order valence-electron chi connectivity index (χ0n) is 94.9. The van der Waals surface area contributed by atoms with Gasteiger partial charge in [-0.3, -0.25) is 18.3 Å². The lowest BCUT2D eigenvalue weighted by Gasteiger charge is -2.15. The van der Waals surface area contributed by atoms with Crippen molar-refractivity contribution in [2.24, 2.45) is 42.3 Å². The lowest BCUT2D eigenvalue weighted by Crippen LogP contribution is -2.31. The molecule has 0 saturated carbocycles. The molecule has 0 radical (unpaired) electrons. The predicted molar refractivity (Wildman–Crippen MR) is 579 cm³/mol. The number of aryl methyl sites for hydroxylation is 16. The van der Waals surface area contributed by atoms with Crippen molar-refractivity contribution in [1.82, 2.24) is 87.2 Å². The van der Waals surface area contributed by atoms with Crippen molar-refractivity contribution in [1.29, 1.82) is 0 Å². The molecule has 24 heteroatoms. The maximum atomic E-state index is 8.32. The highest BCUT2D eigenvalue weighted by Crippen LogP contribution is 2.45. The minimum absolute atomic E-state index is 0.0208. The molecule has 6 aliphatic heterocycles. The van der Waals surface area contributed by atoms with Gasteiger partial charge in [0.2, 0.25) is 0 Å². The van der Waals surface area contributed by atoms with Gasteiger partial charge >= 0.3 is 0 Å². The van der Waals surface area contributed by atoms with Crippen molar-refractivity contribution < 1.29 is 39.7 Å². The largest absolute Gasteiger partial charge is 0.303 e. The molecule has 0 saturated heterocycles. The average Bonchev–Trinajstić information content (AvgIpc) is 1.55. The SMILES string of the molecule is Cc1cc(-c2cc3c(cc2C)-n2c(nc4ccccc42)C3)[n+](C)cn1.Cc1cc(-c2cc3c(cc2C)-n2c(nc4ccccc42)C3)[n+](C)cn1.Cc1cc(-c2cc3c(cc2C)-n2c(nc4ccccc42)C3)[n+](C)cn1.Cc1cc2c(cc1-c1c3ccccc3nc[n+]1C)Cc1nccn1-2.[2H]C([2H])([2H])c1c(C)c(-c2cc(C)nc[n+]2C)cc2c1-n1c(nc3ccccc31)C2.[2H]C([2H])([2H])c1cn2c(n1)Cc1cc(-c3cc(C)nc[n+]3C)c(C)c(C([2H])([2H])[2H])c1-2. The molecule has 726 valence electrons. The van der Waals surface area contributed by atoms with Crippen molar-refractivity contribution in [2.75, 3.05) is 0 Å². The van der Waals surface area contributed by atoms with Crippen molar-refractivity contribution in [2.45, 2.75) is 135 Å². The van der Waals surface area contributed by atoms with Crippen LogP contribution in [0.25, 0.3) is 157 Å². The molecule has 0 amide bonds. The summed E-state index contributed by atoms with van der Waals surface area (Å²) in [6, 6.07) is 74.2. The van der Waals surface area contributed by atoms with Gasteiger partial charge in [-0.05, 0) is 266 Å². The Morgan fingerprint density at radius 2 is 0.581 bits per heavy atom. The van der Waals surface area contributed by atoms with Gasteiger partial charge in [-0.25, -0.2) is 57.3 Å². The summed E-state index contributed by atoms with van der Waals surface area (Å²) in [5.74, 6) is 5.93. The first-order chi connectivity index (χ1) is 75.2. The summed E-state index contributed by atoms with van der Waals surface area (Å²) in [5.41, 5.74) is 48.5. The van der Waals surface area contributed by atoms with Crippen LogP contribution in [0.3, 0.4) is 0 Å². The van der Waals surface area contributed by atoms with E-state index in [0.29, 0.717) is 35.5 Å². The normalized spacial score (nSPS) is 13.6. The highest BCUT2D eigenvalue weighted by Gasteiger charge is 2.35. The van der Waals surface area contributed by atoms with Gasteiger partial charge in [-0.15, -0.1) is 0 Å². The second-order valence-electron chi connectivity index (χ2n) is 40.0. The van der Waals surface area contributed by atoms with Gasteiger partial charge in [-0.2, -0.15) is 0 Å². The molecular weight excluding hydrogens is 1830 g/mol. The van der Waals surface area contributed by atoms with Crippen LogP contribution in [0.1, 0.15) is 159 Å². The van der Waals surface area contributed by atoms with Crippen molar-refractivity contribution >= 4 is 55.0 Å². The third-order valence-corrected chi connectivity index (χ3v) is 29.9. The average molecular weight is 1950 g/mol. The lowest BCUT2D eigenvalue weighted by atomic mass is 9.94.